The Morgan fingerprint density at radius 1 is 0.967 bits per heavy atom. The maximum absolute atomic E-state index is 11.1. The molecule has 7 heteroatoms. The molecule has 2 heterocycles. The molecule has 0 aliphatic heterocycles. The van der Waals surface area contributed by atoms with Crippen molar-refractivity contribution in [2.75, 3.05) is 7.11 Å². The number of fused-ring (bicyclic) bond motifs is 1. The Labute approximate surface area is 189 Å². The molecular formula is C23H17Cl3N2O2. The molecular weight excluding hydrogens is 443 g/mol. The summed E-state index contributed by atoms with van der Waals surface area (Å²) >= 11 is 18.9. The third kappa shape index (κ3) is 4.04. The quantitative estimate of drug-likeness (QED) is 0.362. The first kappa shape index (κ1) is 20.7. The fourth-order valence-electron chi connectivity index (χ4n) is 3.57. The number of halogens is 3. The Morgan fingerprint density at radius 3 is 2.60 bits per heavy atom. The number of aromatic nitrogens is 2. The van der Waals surface area contributed by atoms with E-state index in [1.165, 1.54) is 0 Å². The van der Waals surface area contributed by atoms with Gasteiger partial charge in [-0.3, -0.25) is 9.97 Å². The SMILES string of the molecule is COc1cc(Cl)cnc1CC(c1cc(Cl)ccc1Cl)c1ccc2cccnc2c1O. The number of nitrogens with zero attached hydrogens (tertiary/aromatic N) is 2. The van der Waals surface area contributed by atoms with Crippen LogP contribution >= 0.6 is 34.8 Å². The zero-order chi connectivity index (χ0) is 21.3. The van der Waals surface area contributed by atoms with Crippen molar-refractivity contribution in [3.8, 4) is 11.5 Å². The standard InChI is InChI=1S/C23H17Cl3N2O2/c1-30-21-10-15(25)12-28-20(21)11-17(18-9-14(24)5-7-19(18)26)16-6-4-13-3-2-8-27-22(13)23(16)29/h2-10,12,17,29H,11H2,1H3. The van der Waals surface area contributed by atoms with Crippen molar-refractivity contribution < 1.29 is 9.84 Å². The summed E-state index contributed by atoms with van der Waals surface area (Å²) in [7, 11) is 1.57. The van der Waals surface area contributed by atoms with E-state index in [2.05, 4.69) is 9.97 Å². The minimum Gasteiger partial charge on any atom is -0.505 e. The average Bonchev–Trinajstić information content (AvgIpc) is 2.75. The highest BCUT2D eigenvalue weighted by Gasteiger charge is 2.25. The van der Waals surface area contributed by atoms with Crippen LogP contribution < -0.4 is 4.74 Å². The molecule has 4 nitrogen and oxygen atoms in total. The van der Waals surface area contributed by atoms with Crippen LogP contribution in [0, 0.1) is 0 Å². The molecule has 152 valence electrons. The van der Waals surface area contributed by atoms with Crippen LogP contribution in [0.1, 0.15) is 22.7 Å². The van der Waals surface area contributed by atoms with Gasteiger partial charge in [0.2, 0.25) is 0 Å². The summed E-state index contributed by atoms with van der Waals surface area (Å²) < 4.78 is 5.47. The average molecular weight is 460 g/mol. The number of hydrogen-bond acceptors (Lipinski definition) is 4. The van der Waals surface area contributed by atoms with Gasteiger partial charge in [0, 0.05) is 51.8 Å². The highest BCUT2D eigenvalue weighted by atomic mass is 35.5. The summed E-state index contributed by atoms with van der Waals surface area (Å²) in [5.41, 5.74) is 2.65. The third-order valence-corrected chi connectivity index (χ3v) is 5.79. The Balaban J connectivity index is 1.91. The van der Waals surface area contributed by atoms with E-state index >= 15 is 0 Å². The minimum absolute atomic E-state index is 0.0991. The van der Waals surface area contributed by atoms with Gasteiger partial charge in [0.1, 0.15) is 17.0 Å². The summed E-state index contributed by atoms with van der Waals surface area (Å²) in [4.78, 5) is 8.80. The smallest absolute Gasteiger partial charge is 0.145 e. The maximum Gasteiger partial charge on any atom is 0.145 e. The largest absolute Gasteiger partial charge is 0.505 e. The summed E-state index contributed by atoms with van der Waals surface area (Å²) in [6.07, 6.45) is 3.63. The molecule has 0 amide bonds. The van der Waals surface area contributed by atoms with E-state index in [0.29, 0.717) is 44.0 Å². The molecule has 0 saturated carbocycles. The van der Waals surface area contributed by atoms with E-state index in [1.807, 2.05) is 24.3 Å². The summed E-state index contributed by atoms with van der Waals surface area (Å²) in [5.74, 6) is 0.316. The molecule has 1 unspecified atom stereocenters. The lowest BCUT2D eigenvalue weighted by atomic mass is 9.86. The van der Waals surface area contributed by atoms with E-state index < -0.39 is 0 Å². The number of benzene rings is 2. The lowest BCUT2D eigenvalue weighted by Gasteiger charge is -2.22. The van der Waals surface area contributed by atoms with Crippen LogP contribution in [0.5, 0.6) is 11.5 Å². The number of hydrogen-bond donors (Lipinski definition) is 1. The number of ether oxygens (including phenoxy) is 1. The van der Waals surface area contributed by atoms with E-state index in [9.17, 15) is 5.11 Å². The molecule has 0 saturated heterocycles. The van der Waals surface area contributed by atoms with Crippen molar-refractivity contribution in [2.24, 2.45) is 0 Å². The van der Waals surface area contributed by atoms with Crippen molar-refractivity contribution in [1.29, 1.82) is 0 Å². The molecule has 0 aliphatic rings. The molecule has 1 atom stereocenters. The Hall–Kier alpha value is -2.53. The van der Waals surface area contributed by atoms with Crippen molar-refractivity contribution in [2.45, 2.75) is 12.3 Å². The molecule has 0 radical (unpaired) electrons. The second kappa shape index (κ2) is 8.68. The Morgan fingerprint density at radius 2 is 1.80 bits per heavy atom. The number of methoxy groups -OCH3 is 1. The molecule has 4 aromatic rings. The van der Waals surface area contributed by atoms with Crippen LogP contribution in [-0.4, -0.2) is 22.2 Å². The zero-order valence-electron chi connectivity index (χ0n) is 15.9. The second-order valence-electron chi connectivity index (χ2n) is 6.80. The number of phenolic OH excluding ortho intramolecular Hbond substituents is 1. The van der Waals surface area contributed by atoms with Crippen molar-refractivity contribution in [3.63, 3.8) is 0 Å². The van der Waals surface area contributed by atoms with Gasteiger partial charge in [-0.05, 0) is 29.8 Å². The van der Waals surface area contributed by atoms with Crippen molar-refractivity contribution in [1.82, 2.24) is 9.97 Å². The van der Waals surface area contributed by atoms with E-state index in [4.69, 9.17) is 39.5 Å². The molecule has 1 N–H and O–H groups in total. The lowest BCUT2D eigenvalue weighted by Crippen LogP contribution is -2.09. The summed E-state index contributed by atoms with van der Waals surface area (Å²) in [5, 5.41) is 13.5. The molecule has 0 bridgehead atoms. The van der Waals surface area contributed by atoms with Gasteiger partial charge in [-0.15, -0.1) is 0 Å². The van der Waals surface area contributed by atoms with E-state index in [-0.39, 0.29) is 11.7 Å². The van der Waals surface area contributed by atoms with E-state index in [0.717, 1.165) is 10.9 Å². The van der Waals surface area contributed by atoms with Crippen molar-refractivity contribution >= 4 is 45.7 Å². The van der Waals surface area contributed by atoms with Crippen LogP contribution in [0.15, 0.2) is 60.9 Å². The first-order valence-corrected chi connectivity index (χ1v) is 10.3. The van der Waals surface area contributed by atoms with Crippen LogP contribution in [0.3, 0.4) is 0 Å². The molecule has 2 aromatic carbocycles. The van der Waals surface area contributed by atoms with Gasteiger partial charge in [0.15, 0.2) is 0 Å². The minimum atomic E-state index is -0.342. The maximum atomic E-state index is 11.1. The van der Waals surface area contributed by atoms with Gasteiger partial charge in [-0.2, -0.15) is 0 Å². The molecule has 0 fully saturated rings. The van der Waals surface area contributed by atoms with Crippen LogP contribution in [0.25, 0.3) is 10.9 Å². The molecule has 4 rings (SSSR count). The predicted molar refractivity (Wildman–Crippen MR) is 121 cm³/mol. The predicted octanol–water partition coefficient (Wildman–Crippen LogP) is 6.68. The van der Waals surface area contributed by atoms with E-state index in [1.54, 1.807) is 43.8 Å². The fraction of sp³-hybridized carbons (Fsp3) is 0.130. The van der Waals surface area contributed by atoms with Gasteiger partial charge in [0.05, 0.1) is 17.8 Å². The first-order chi connectivity index (χ1) is 14.5. The lowest BCUT2D eigenvalue weighted by molar-refractivity contribution is 0.405. The second-order valence-corrected chi connectivity index (χ2v) is 8.08. The van der Waals surface area contributed by atoms with Gasteiger partial charge in [0.25, 0.3) is 0 Å². The molecule has 0 aliphatic carbocycles. The van der Waals surface area contributed by atoms with Gasteiger partial charge in [-0.1, -0.05) is 53.0 Å². The number of aromatic hydroxyl groups is 1. The highest BCUT2D eigenvalue weighted by Crippen LogP contribution is 2.41. The number of phenols is 1. The topological polar surface area (TPSA) is 55.2 Å². The number of pyridine rings is 2. The zero-order valence-corrected chi connectivity index (χ0v) is 18.2. The Bertz CT molecular complexity index is 1230. The van der Waals surface area contributed by atoms with Gasteiger partial charge < -0.3 is 9.84 Å². The van der Waals surface area contributed by atoms with Crippen LogP contribution in [0.4, 0.5) is 0 Å². The van der Waals surface area contributed by atoms with Crippen LogP contribution in [-0.2, 0) is 6.42 Å². The summed E-state index contributed by atoms with van der Waals surface area (Å²) in [6, 6.07) is 14.5. The number of rotatable bonds is 5. The van der Waals surface area contributed by atoms with Gasteiger partial charge >= 0.3 is 0 Å². The molecule has 0 spiro atoms. The Kier molecular flexibility index (Phi) is 6.00. The molecule has 30 heavy (non-hydrogen) atoms. The normalized spacial score (nSPS) is 12.1. The van der Waals surface area contributed by atoms with Crippen molar-refractivity contribution in [3.05, 3.63) is 92.8 Å². The van der Waals surface area contributed by atoms with Gasteiger partial charge in [-0.25, -0.2) is 0 Å². The molecule has 2 aromatic heterocycles. The first-order valence-electron chi connectivity index (χ1n) is 9.18. The monoisotopic (exact) mass is 458 g/mol. The fourth-order valence-corrected chi connectivity index (χ4v) is 4.15. The highest BCUT2D eigenvalue weighted by molar-refractivity contribution is 6.33. The van der Waals surface area contributed by atoms with Crippen LogP contribution in [0.2, 0.25) is 15.1 Å². The third-order valence-electron chi connectivity index (χ3n) is 5.00. The summed E-state index contributed by atoms with van der Waals surface area (Å²) in [6.45, 7) is 0.